The number of nitrogens with zero attached hydrogens (tertiary/aromatic N) is 2. The van der Waals surface area contributed by atoms with Crippen LogP contribution in [0.5, 0.6) is 0 Å². The molecule has 1 aliphatic carbocycles. The summed E-state index contributed by atoms with van der Waals surface area (Å²) in [6.45, 7) is 0.724. The zero-order chi connectivity index (χ0) is 21.9. The van der Waals surface area contributed by atoms with Gasteiger partial charge in [0.05, 0.1) is 11.7 Å². The number of fused-ring (bicyclic) bond motifs is 1. The minimum Gasteiger partial charge on any atom is -0.382 e. The molecule has 32 heavy (non-hydrogen) atoms. The molecule has 2 heterocycles. The van der Waals surface area contributed by atoms with Crippen molar-refractivity contribution >= 4 is 16.6 Å². The van der Waals surface area contributed by atoms with Crippen LogP contribution in [-0.4, -0.2) is 26.8 Å². The molecule has 0 amide bonds. The van der Waals surface area contributed by atoms with E-state index in [0.717, 1.165) is 59.7 Å². The molecule has 2 atom stereocenters. The number of anilines is 1. The van der Waals surface area contributed by atoms with E-state index in [1.807, 2.05) is 30.5 Å². The van der Waals surface area contributed by atoms with Crippen LogP contribution in [0.1, 0.15) is 31.2 Å². The van der Waals surface area contributed by atoms with Crippen molar-refractivity contribution in [1.82, 2.24) is 20.1 Å². The molecule has 5 rings (SSSR count). The van der Waals surface area contributed by atoms with Crippen molar-refractivity contribution in [2.24, 2.45) is 0 Å². The summed E-state index contributed by atoms with van der Waals surface area (Å²) in [5, 5.41) is 15.5. The first kappa shape index (κ1) is 20.5. The van der Waals surface area contributed by atoms with E-state index in [0.29, 0.717) is 12.1 Å². The van der Waals surface area contributed by atoms with E-state index in [9.17, 15) is 9.18 Å². The Hall–Kier alpha value is -3.45. The van der Waals surface area contributed by atoms with Crippen molar-refractivity contribution in [1.29, 1.82) is 0 Å². The van der Waals surface area contributed by atoms with E-state index in [1.54, 1.807) is 0 Å². The van der Waals surface area contributed by atoms with Gasteiger partial charge in [0.1, 0.15) is 5.82 Å². The van der Waals surface area contributed by atoms with Gasteiger partial charge in [0.25, 0.3) is 5.56 Å². The first-order valence-electron chi connectivity index (χ1n) is 11.0. The Morgan fingerprint density at radius 3 is 2.91 bits per heavy atom. The fourth-order valence-electron chi connectivity index (χ4n) is 4.52. The Kier molecular flexibility index (Phi) is 5.73. The Bertz CT molecular complexity index is 1280. The van der Waals surface area contributed by atoms with Crippen molar-refractivity contribution in [2.75, 3.05) is 5.32 Å². The van der Waals surface area contributed by atoms with Crippen LogP contribution in [-0.2, 0) is 6.54 Å². The first-order valence-corrected chi connectivity index (χ1v) is 11.0. The molecule has 3 N–H and O–H groups in total. The highest BCUT2D eigenvalue weighted by Crippen LogP contribution is 2.24. The number of rotatable bonds is 6. The maximum atomic E-state index is 13.3. The third-order valence-electron chi connectivity index (χ3n) is 6.15. The van der Waals surface area contributed by atoms with Crippen molar-refractivity contribution < 1.29 is 4.39 Å². The van der Waals surface area contributed by atoms with Gasteiger partial charge >= 0.3 is 0 Å². The molecule has 2 aromatic heterocycles. The number of hydrogen-bond donors (Lipinski definition) is 3. The summed E-state index contributed by atoms with van der Waals surface area (Å²) < 4.78 is 14.7. The van der Waals surface area contributed by atoms with Gasteiger partial charge < -0.3 is 10.6 Å². The van der Waals surface area contributed by atoms with E-state index in [2.05, 4.69) is 39.0 Å². The second kappa shape index (κ2) is 8.96. The van der Waals surface area contributed by atoms with Crippen molar-refractivity contribution in [3.8, 4) is 5.69 Å². The quantitative estimate of drug-likeness (QED) is 0.424. The molecule has 1 aliphatic rings. The molecule has 164 valence electrons. The van der Waals surface area contributed by atoms with Gasteiger partial charge in [-0.2, -0.15) is 5.10 Å². The number of aromatic nitrogens is 3. The summed E-state index contributed by atoms with van der Waals surface area (Å²) in [4.78, 5) is 12.1. The monoisotopic (exact) mass is 431 g/mol. The summed E-state index contributed by atoms with van der Waals surface area (Å²) in [6.07, 6.45) is 7.86. The zero-order valence-corrected chi connectivity index (χ0v) is 17.7. The lowest BCUT2D eigenvalue weighted by Gasteiger charge is -2.31. The Morgan fingerprint density at radius 2 is 2.00 bits per heavy atom. The van der Waals surface area contributed by atoms with Gasteiger partial charge in [-0.1, -0.05) is 12.1 Å². The first-order chi connectivity index (χ1) is 15.6. The second-order valence-corrected chi connectivity index (χ2v) is 8.48. The minimum absolute atomic E-state index is 0.370. The van der Waals surface area contributed by atoms with Gasteiger partial charge in [-0.15, -0.1) is 0 Å². The van der Waals surface area contributed by atoms with E-state index >= 15 is 0 Å². The smallest absolute Gasteiger partial charge is 0.257 e. The van der Waals surface area contributed by atoms with E-state index in [4.69, 9.17) is 0 Å². The number of benzene rings is 2. The van der Waals surface area contributed by atoms with Gasteiger partial charge in [0.2, 0.25) is 0 Å². The predicted octanol–water partition coefficient (Wildman–Crippen LogP) is 4.37. The van der Waals surface area contributed by atoms with Gasteiger partial charge in [0, 0.05) is 47.7 Å². The molecule has 0 spiro atoms. The Balaban J connectivity index is 1.20. The van der Waals surface area contributed by atoms with Crippen molar-refractivity contribution in [2.45, 2.75) is 44.3 Å². The van der Waals surface area contributed by atoms with Crippen LogP contribution in [0.2, 0.25) is 0 Å². The number of nitrogens with one attached hydrogen (secondary N) is 3. The molecule has 0 aliphatic heterocycles. The van der Waals surface area contributed by atoms with E-state index in [-0.39, 0.29) is 5.56 Å². The molecule has 1 saturated carbocycles. The summed E-state index contributed by atoms with van der Waals surface area (Å²) in [5.41, 5.74) is 3.64. The number of hydrogen-bond acceptors (Lipinski definition) is 4. The number of pyridine rings is 1. The largest absolute Gasteiger partial charge is 0.382 e. The van der Waals surface area contributed by atoms with Crippen LogP contribution < -0.4 is 16.2 Å². The Morgan fingerprint density at radius 1 is 1.09 bits per heavy atom. The summed E-state index contributed by atoms with van der Waals surface area (Å²) in [5.74, 6) is -0.519. The van der Waals surface area contributed by atoms with Crippen LogP contribution in [0.15, 0.2) is 71.8 Å². The molecule has 2 aromatic carbocycles. The minimum atomic E-state index is -0.519. The van der Waals surface area contributed by atoms with Crippen LogP contribution >= 0.6 is 0 Å². The van der Waals surface area contributed by atoms with Gasteiger partial charge in [-0.05, 0) is 67.6 Å². The number of H-pyrrole nitrogens is 1. The molecule has 0 bridgehead atoms. The molecule has 0 radical (unpaired) electrons. The van der Waals surface area contributed by atoms with Crippen LogP contribution in [0.4, 0.5) is 10.1 Å². The average molecular weight is 432 g/mol. The molecule has 0 saturated heterocycles. The third-order valence-corrected chi connectivity index (χ3v) is 6.15. The Labute approximate surface area is 185 Å². The standard InChI is InChI=1S/C25H26FN5O/c26-19-9-10-31(25(32)13-19)23-6-1-3-17(11-23)15-27-20-4-2-5-21(14-20)29-22-7-8-24-18(12-22)16-28-30-24/h1,3,6-13,16,20-21,27,29H,2,4-5,14-15H2,(H,28,30)/t20-,21+/m0/s1. The summed E-state index contributed by atoms with van der Waals surface area (Å²) >= 11 is 0. The fraction of sp³-hybridized carbons (Fsp3) is 0.280. The number of aromatic amines is 1. The fourth-order valence-corrected chi connectivity index (χ4v) is 4.52. The highest BCUT2D eigenvalue weighted by molar-refractivity contribution is 5.81. The maximum Gasteiger partial charge on any atom is 0.257 e. The lowest BCUT2D eigenvalue weighted by Crippen LogP contribution is -2.38. The van der Waals surface area contributed by atoms with Crippen LogP contribution in [0, 0.1) is 5.82 Å². The number of halogens is 1. The highest BCUT2D eigenvalue weighted by atomic mass is 19.1. The normalized spacial score (nSPS) is 18.7. The zero-order valence-electron chi connectivity index (χ0n) is 17.7. The summed E-state index contributed by atoms with van der Waals surface area (Å²) in [7, 11) is 0. The molecule has 1 fully saturated rings. The van der Waals surface area contributed by atoms with E-state index < -0.39 is 5.82 Å². The predicted molar refractivity (Wildman–Crippen MR) is 125 cm³/mol. The average Bonchev–Trinajstić information content (AvgIpc) is 3.26. The third kappa shape index (κ3) is 4.57. The van der Waals surface area contributed by atoms with Gasteiger partial charge in [-0.3, -0.25) is 14.5 Å². The second-order valence-electron chi connectivity index (χ2n) is 8.48. The maximum absolute atomic E-state index is 13.3. The van der Waals surface area contributed by atoms with Gasteiger partial charge in [-0.25, -0.2) is 4.39 Å². The van der Waals surface area contributed by atoms with E-state index in [1.165, 1.54) is 23.3 Å². The molecule has 0 unspecified atom stereocenters. The topological polar surface area (TPSA) is 74.7 Å². The van der Waals surface area contributed by atoms with Crippen LogP contribution in [0.3, 0.4) is 0 Å². The molecule has 7 heteroatoms. The molecular formula is C25H26FN5O. The highest BCUT2D eigenvalue weighted by Gasteiger charge is 2.21. The van der Waals surface area contributed by atoms with Crippen LogP contribution in [0.25, 0.3) is 16.6 Å². The molecule has 6 nitrogen and oxygen atoms in total. The SMILES string of the molecule is O=c1cc(F)ccn1-c1cccc(CN[C@H]2CCC[C@@H](Nc3ccc4[nH]ncc4c3)C2)c1. The van der Waals surface area contributed by atoms with Crippen molar-refractivity contribution in [3.05, 3.63) is 88.7 Å². The molecule has 4 aromatic rings. The summed E-state index contributed by atoms with van der Waals surface area (Å²) in [6, 6.07) is 17.3. The molecular weight excluding hydrogens is 405 g/mol. The lowest BCUT2D eigenvalue weighted by atomic mass is 9.90. The lowest BCUT2D eigenvalue weighted by molar-refractivity contribution is 0.350. The van der Waals surface area contributed by atoms with Gasteiger partial charge in [0.15, 0.2) is 0 Å². The van der Waals surface area contributed by atoms with Crippen molar-refractivity contribution in [3.63, 3.8) is 0 Å².